The predicted octanol–water partition coefficient (Wildman–Crippen LogP) is 1.39. The van der Waals surface area contributed by atoms with E-state index < -0.39 is 9.84 Å². The maximum atomic E-state index is 10.9. The van der Waals surface area contributed by atoms with Crippen LogP contribution in [0, 0.1) is 0 Å². The van der Waals surface area contributed by atoms with Crippen molar-refractivity contribution in [3.63, 3.8) is 0 Å². The zero-order chi connectivity index (χ0) is 8.04. The summed E-state index contributed by atoms with van der Waals surface area (Å²) in [4.78, 5) is 0. The van der Waals surface area contributed by atoms with E-state index in [1.54, 1.807) is 0 Å². The molecule has 2 nitrogen and oxygen atoms in total. The van der Waals surface area contributed by atoms with E-state index in [2.05, 4.69) is 6.58 Å². The normalized spacial score (nSPS) is 11.3. The lowest BCUT2D eigenvalue weighted by Gasteiger charge is -1.97. The van der Waals surface area contributed by atoms with Crippen LogP contribution >= 0.6 is 0 Å². The van der Waals surface area contributed by atoms with Gasteiger partial charge in [0.25, 0.3) is 0 Å². The Labute approximate surface area is 62.9 Å². The molecular formula is C7H14O2S. The summed E-state index contributed by atoms with van der Waals surface area (Å²) in [5.74, 6) is 0.419. The largest absolute Gasteiger partial charge is 0.229 e. The third-order valence-corrected chi connectivity index (χ3v) is 2.83. The first kappa shape index (κ1) is 9.69. The SMILES string of the molecule is C=CCS(=O)(=O)CCCC. The molecule has 60 valence electrons. The Hall–Kier alpha value is -0.310. The van der Waals surface area contributed by atoms with Crippen molar-refractivity contribution in [3.05, 3.63) is 12.7 Å². The highest BCUT2D eigenvalue weighted by Crippen LogP contribution is 1.96. The van der Waals surface area contributed by atoms with Crippen LogP contribution in [-0.4, -0.2) is 19.9 Å². The molecule has 0 aromatic heterocycles. The van der Waals surface area contributed by atoms with Crippen LogP contribution in [0.25, 0.3) is 0 Å². The van der Waals surface area contributed by atoms with Crippen molar-refractivity contribution in [1.82, 2.24) is 0 Å². The highest BCUT2D eigenvalue weighted by atomic mass is 32.2. The molecule has 0 bridgehead atoms. The number of hydrogen-bond donors (Lipinski definition) is 0. The summed E-state index contributed by atoms with van der Waals surface area (Å²) < 4.78 is 21.8. The van der Waals surface area contributed by atoms with Crippen LogP contribution in [0.5, 0.6) is 0 Å². The van der Waals surface area contributed by atoms with Crippen LogP contribution in [0.2, 0.25) is 0 Å². The summed E-state index contributed by atoms with van der Waals surface area (Å²) in [6.45, 7) is 5.35. The first-order chi connectivity index (χ1) is 4.62. The van der Waals surface area contributed by atoms with Crippen molar-refractivity contribution in [3.8, 4) is 0 Å². The van der Waals surface area contributed by atoms with Crippen LogP contribution in [0.3, 0.4) is 0 Å². The van der Waals surface area contributed by atoms with E-state index in [1.807, 2.05) is 6.92 Å². The van der Waals surface area contributed by atoms with Crippen molar-refractivity contribution in [2.45, 2.75) is 19.8 Å². The summed E-state index contributed by atoms with van der Waals surface area (Å²) >= 11 is 0. The highest BCUT2D eigenvalue weighted by molar-refractivity contribution is 7.91. The lowest BCUT2D eigenvalue weighted by atomic mass is 10.4. The van der Waals surface area contributed by atoms with Gasteiger partial charge in [0.1, 0.15) is 0 Å². The second-order valence-corrected chi connectivity index (χ2v) is 4.49. The summed E-state index contributed by atoms with van der Waals surface area (Å²) in [5.41, 5.74) is 0. The maximum Gasteiger partial charge on any atom is 0.153 e. The Morgan fingerprint density at radius 2 is 2.10 bits per heavy atom. The Kier molecular flexibility index (Phi) is 4.36. The summed E-state index contributed by atoms with van der Waals surface area (Å²) in [7, 11) is -2.81. The summed E-state index contributed by atoms with van der Waals surface area (Å²) in [6, 6.07) is 0. The molecule has 0 saturated heterocycles. The lowest BCUT2D eigenvalue weighted by Crippen LogP contribution is -2.08. The average molecular weight is 162 g/mol. The third kappa shape index (κ3) is 4.56. The fraction of sp³-hybridized carbons (Fsp3) is 0.714. The standard InChI is InChI=1S/C7H14O2S/c1-3-5-7-10(8,9)6-4-2/h4H,2-3,5-7H2,1H3. The molecule has 0 radical (unpaired) electrons. The van der Waals surface area contributed by atoms with Crippen molar-refractivity contribution >= 4 is 9.84 Å². The molecule has 0 aliphatic heterocycles. The van der Waals surface area contributed by atoms with Gasteiger partial charge in [-0.2, -0.15) is 0 Å². The molecule has 10 heavy (non-hydrogen) atoms. The monoisotopic (exact) mass is 162 g/mol. The minimum Gasteiger partial charge on any atom is -0.229 e. The minimum absolute atomic E-state index is 0.118. The molecule has 0 rings (SSSR count). The Morgan fingerprint density at radius 1 is 1.50 bits per heavy atom. The minimum atomic E-state index is -2.81. The first-order valence-corrected chi connectivity index (χ1v) is 5.26. The van der Waals surface area contributed by atoms with Crippen molar-refractivity contribution in [2.75, 3.05) is 11.5 Å². The molecule has 0 N–H and O–H groups in total. The average Bonchev–Trinajstić information content (AvgIpc) is 1.84. The molecule has 0 aromatic carbocycles. The number of rotatable bonds is 5. The Balaban J connectivity index is 3.76. The Bertz CT molecular complexity index is 180. The van der Waals surface area contributed by atoms with Gasteiger partial charge in [-0.3, -0.25) is 0 Å². The fourth-order valence-electron chi connectivity index (χ4n) is 0.627. The van der Waals surface area contributed by atoms with Gasteiger partial charge in [-0.05, 0) is 6.42 Å². The van der Waals surface area contributed by atoms with E-state index in [1.165, 1.54) is 6.08 Å². The molecule has 0 heterocycles. The molecule has 0 aromatic rings. The number of sulfone groups is 1. The third-order valence-electron chi connectivity index (χ3n) is 1.18. The van der Waals surface area contributed by atoms with Gasteiger partial charge in [0, 0.05) is 0 Å². The topological polar surface area (TPSA) is 34.1 Å². The van der Waals surface area contributed by atoms with Gasteiger partial charge < -0.3 is 0 Å². The molecule has 0 aliphatic rings. The lowest BCUT2D eigenvalue weighted by molar-refractivity contribution is 0.595. The van der Waals surface area contributed by atoms with Crippen molar-refractivity contribution in [2.24, 2.45) is 0 Å². The van der Waals surface area contributed by atoms with Gasteiger partial charge in [-0.25, -0.2) is 8.42 Å². The highest BCUT2D eigenvalue weighted by Gasteiger charge is 2.05. The molecule has 0 aliphatic carbocycles. The van der Waals surface area contributed by atoms with E-state index in [0.717, 1.165) is 12.8 Å². The molecule has 0 spiro atoms. The van der Waals surface area contributed by atoms with Gasteiger partial charge in [0.2, 0.25) is 0 Å². The van der Waals surface area contributed by atoms with Crippen molar-refractivity contribution < 1.29 is 8.42 Å². The first-order valence-electron chi connectivity index (χ1n) is 3.43. The van der Waals surface area contributed by atoms with E-state index >= 15 is 0 Å². The van der Waals surface area contributed by atoms with Gasteiger partial charge in [0.15, 0.2) is 9.84 Å². The molecule has 0 amide bonds. The molecule has 3 heteroatoms. The summed E-state index contributed by atoms with van der Waals surface area (Å²) in [6.07, 6.45) is 3.12. The predicted molar refractivity (Wildman–Crippen MR) is 43.8 cm³/mol. The van der Waals surface area contributed by atoms with Gasteiger partial charge in [-0.1, -0.05) is 19.4 Å². The second-order valence-electron chi connectivity index (χ2n) is 2.26. The van der Waals surface area contributed by atoms with Crippen LogP contribution in [-0.2, 0) is 9.84 Å². The Morgan fingerprint density at radius 3 is 2.50 bits per heavy atom. The molecule has 0 atom stereocenters. The zero-order valence-corrected chi connectivity index (χ0v) is 7.15. The fourth-order valence-corrected chi connectivity index (χ4v) is 1.88. The molecule has 0 unspecified atom stereocenters. The van der Waals surface area contributed by atoms with E-state index in [-0.39, 0.29) is 5.75 Å². The smallest absolute Gasteiger partial charge is 0.153 e. The van der Waals surface area contributed by atoms with E-state index in [9.17, 15) is 8.42 Å². The second kappa shape index (κ2) is 4.50. The quantitative estimate of drug-likeness (QED) is 0.572. The zero-order valence-electron chi connectivity index (χ0n) is 6.34. The molecule has 0 fully saturated rings. The summed E-state index contributed by atoms with van der Waals surface area (Å²) in [5, 5.41) is 0. The molecule has 0 saturated carbocycles. The van der Waals surface area contributed by atoms with Crippen LogP contribution in [0.1, 0.15) is 19.8 Å². The van der Waals surface area contributed by atoms with Gasteiger partial charge in [0.05, 0.1) is 11.5 Å². The van der Waals surface area contributed by atoms with Crippen LogP contribution < -0.4 is 0 Å². The van der Waals surface area contributed by atoms with Gasteiger partial charge in [-0.15, -0.1) is 6.58 Å². The van der Waals surface area contributed by atoms with Gasteiger partial charge >= 0.3 is 0 Å². The molecular weight excluding hydrogens is 148 g/mol. The number of hydrogen-bond acceptors (Lipinski definition) is 2. The maximum absolute atomic E-state index is 10.9. The van der Waals surface area contributed by atoms with Crippen molar-refractivity contribution in [1.29, 1.82) is 0 Å². The van der Waals surface area contributed by atoms with E-state index in [0.29, 0.717) is 5.75 Å². The number of unbranched alkanes of at least 4 members (excludes halogenated alkanes) is 1. The van der Waals surface area contributed by atoms with Crippen LogP contribution in [0.15, 0.2) is 12.7 Å². The van der Waals surface area contributed by atoms with E-state index in [4.69, 9.17) is 0 Å². The van der Waals surface area contributed by atoms with Crippen LogP contribution in [0.4, 0.5) is 0 Å².